The summed E-state index contributed by atoms with van der Waals surface area (Å²) in [5.74, 6) is 0. The number of sulfonamides is 1. The summed E-state index contributed by atoms with van der Waals surface area (Å²) < 4.78 is 26.6. The highest BCUT2D eigenvalue weighted by Crippen LogP contribution is 2.33. The lowest BCUT2D eigenvalue weighted by Crippen LogP contribution is -2.28. The second-order valence-electron chi connectivity index (χ2n) is 4.36. The van der Waals surface area contributed by atoms with Crippen LogP contribution in [0.3, 0.4) is 0 Å². The predicted octanol–water partition coefficient (Wildman–Crippen LogP) is 1.99. The van der Waals surface area contributed by atoms with Crippen LogP contribution in [0.1, 0.15) is 10.4 Å². The minimum atomic E-state index is -3.51. The topological polar surface area (TPSA) is 57.6 Å². The van der Waals surface area contributed by atoms with Crippen LogP contribution in [-0.4, -0.2) is 20.1 Å². The third-order valence-corrected chi connectivity index (χ3v) is 6.08. The minimum absolute atomic E-state index is 0.128. The van der Waals surface area contributed by atoms with E-state index in [0.29, 0.717) is 11.4 Å². The molecule has 0 bridgehead atoms. The number of fused-ring (bicyclic) bond motifs is 1. The highest BCUT2D eigenvalue weighted by Gasteiger charge is 2.31. The van der Waals surface area contributed by atoms with E-state index in [0.717, 1.165) is 17.7 Å². The number of aliphatic hydroxyl groups excluding tert-OH is 1. The summed E-state index contributed by atoms with van der Waals surface area (Å²) in [5, 5.41) is 10.6. The monoisotopic (exact) mass is 295 g/mol. The zero-order chi connectivity index (χ0) is 13.5. The first kappa shape index (κ1) is 12.7. The molecule has 0 spiro atoms. The van der Waals surface area contributed by atoms with Gasteiger partial charge in [-0.1, -0.05) is 18.2 Å². The lowest BCUT2D eigenvalue weighted by atomic mass is 10.2. The van der Waals surface area contributed by atoms with Crippen molar-refractivity contribution in [2.24, 2.45) is 0 Å². The van der Waals surface area contributed by atoms with E-state index in [1.54, 1.807) is 11.4 Å². The third-order valence-electron chi connectivity index (χ3n) is 3.22. The molecule has 0 fully saturated rings. The number of aliphatic hydroxyl groups is 1. The highest BCUT2D eigenvalue weighted by molar-refractivity contribution is 7.93. The molecule has 1 aromatic carbocycles. The van der Waals surface area contributed by atoms with E-state index in [4.69, 9.17) is 5.11 Å². The Labute approximate surface area is 116 Å². The molecule has 19 heavy (non-hydrogen) atoms. The quantitative estimate of drug-likeness (QED) is 0.942. The molecule has 100 valence electrons. The fourth-order valence-electron chi connectivity index (χ4n) is 2.26. The number of thiophene rings is 1. The Morgan fingerprint density at radius 3 is 2.84 bits per heavy atom. The molecule has 0 saturated carbocycles. The molecule has 2 heterocycles. The highest BCUT2D eigenvalue weighted by atomic mass is 32.2. The van der Waals surface area contributed by atoms with Gasteiger partial charge in [0.05, 0.1) is 17.2 Å². The number of benzene rings is 1. The van der Waals surface area contributed by atoms with Gasteiger partial charge in [-0.15, -0.1) is 11.3 Å². The van der Waals surface area contributed by atoms with E-state index < -0.39 is 10.0 Å². The molecule has 1 N–H and O–H groups in total. The van der Waals surface area contributed by atoms with E-state index in [9.17, 15) is 8.42 Å². The average Bonchev–Trinajstić information content (AvgIpc) is 3.06. The maximum atomic E-state index is 12.6. The van der Waals surface area contributed by atoms with E-state index in [1.807, 2.05) is 24.3 Å². The van der Waals surface area contributed by atoms with Gasteiger partial charge in [0.25, 0.3) is 10.0 Å². The Balaban J connectivity index is 2.03. The van der Waals surface area contributed by atoms with Crippen molar-refractivity contribution in [1.29, 1.82) is 0 Å². The van der Waals surface area contributed by atoms with Gasteiger partial charge < -0.3 is 5.11 Å². The summed E-state index contributed by atoms with van der Waals surface area (Å²) in [4.78, 5) is 0.921. The first-order chi connectivity index (χ1) is 9.13. The second-order valence-corrected chi connectivity index (χ2v) is 7.22. The van der Waals surface area contributed by atoms with Crippen molar-refractivity contribution < 1.29 is 13.5 Å². The fraction of sp³-hybridized carbons (Fsp3) is 0.231. The lowest BCUT2D eigenvalue weighted by molar-refractivity contribution is 0.285. The van der Waals surface area contributed by atoms with Gasteiger partial charge in [-0.25, -0.2) is 8.42 Å². The van der Waals surface area contributed by atoms with Crippen LogP contribution in [0.2, 0.25) is 0 Å². The van der Waals surface area contributed by atoms with Gasteiger partial charge in [-0.2, -0.15) is 0 Å². The fourth-order valence-corrected chi connectivity index (χ4v) is 4.89. The first-order valence-corrected chi connectivity index (χ1v) is 8.24. The van der Waals surface area contributed by atoms with Crippen molar-refractivity contribution in [2.45, 2.75) is 17.9 Å². The summed E-state index contributed by atoms with van der Waals surface area (Å²) in [6.07, 6.45) is 0.742. The normalized spacial score (nSPS) is 14.7. The second kappa shape index (κ2) is 4.63. The van der Waals surface area contributed by atoms with E-state index in [2.05, 4.69) is 0 Å². The smallest absolute Gasteiger partial charge is 0.265 e. The molecule has 3 rings (SSSR count). The zero-order valence-corrected chi connectivity index (χ0v) is 11.7. The Morgan fingerprint density at radius 1 is 1.32 bits per heavy atom. The standard InChI is InChI=1S/C13H13NO3S2/c15-8-11-7-12(9-18-11)19(16,17)14-6-5-10-3-1-2-4-13(10)14/h1-4,7,9,15H,5-6,8H2. The molecular formula is C13H13NO3S2. The third kappa shape index (κ3) is 2.05. The molecule has 1 aromatic heterocycles. The van der Waals surface area contributed by atoms with E-state index in [-0.39, 0.29) is 11.5 Å². The summed E-state index contributed by atoms with van der Waals surface area (Å²) >= 11 is 1.26. The number of hydrogen-bond acceptors (Lipinski definition) is 4. The Morgan fingerprint density at radius 2 is 2.11 bits per heavy atom. The Kier molecular flexibility index (Phi) is 3.08. The summed E-state index contributed by atoms with van der Waals surface area (Å²) in [7, 11) is -3.51. The van der Waals surface area contributed by atoms with Crippen LogP contribution in [0.25, 0.3) is 0 Å². The van der Waals surface area contributed by atoms with Crippen molar-refractivity contribution in [3.63, 3.8) is 0 Å². The molecule has 0 amide bonds. The van der Waals surface area contributed by atoms with Gasteiger partial charge >= 0.3 is 0 Å². The minimum Gasteiger partial charge on any atom is -0.391 e. The van der Waals surface area contributed by atoms with Crippen LogP contribution >= 0.6 is 11.3 Å². The number of hydrogen-bond donors (Lipinski definition) is 1. The molecule has 1 aliphatic rings. The van der Waals surface area contributed by atoms with Gasteiger partial charge in [0.15, 0.2) is 0 Å². The van der Waals surface area contributed by atoms with Crippen LogP contribution in [0.5, 0.6) is 0 Å². The van der Waals surface area contributed by atoms with Crippen molar-refractivity contribution in [1.82, 2.24) is 0 Å². The maximum absolute atomic E-state index is 12.6. The van der Waals surface area contributed by atoms with Crippen LogP contribution < -0.4 is 4.31 Å². The van der Waals surface area contributed by atoms with E-state index in [1.165, 1.54) is 15.6 Å². The van der Waals surface area contributed by atoms with Crippen molar-refractivity contribution in [3.8, 4) is 0 Å². The Bertz CT molecular complexity index is 706. The van der Waals surface area contributed by atoms with Gasteiger partial charge in [0.1, 0.15) is 0 Å². The molecule has 0 unspecified atom stereocenters. The van der Waals surface area contributed by atoms with Crippen molar-refractivity contribution in [3.05, 3.63) is 46.2 Å². The summed E-state index contributed by atoms with van der Waals surface area (Å²) in [5.41, 5.74) is 1.82. The van der Waals surface area contributed by atoms with Crippen molar-refractivity contribution in [2.75, 3.05) is 10.8 Å². The summed E-state index contributed by atoms with van der Waals surface area (Å²) in [6, 6.07) is 9.10. The van der Waals surface area contributed by atoms with Gasteiger partial charge in [-0.3, -0.25) is 4.31 Å². The molecular weight excluding hydrogens is 282 g/mol. The molecule has 2 aromatic rings. The molecule has 1 aliphatic heterocycles. The maximum Gasteiger partial charge on any atom is 0.265 e. The number of nitrogens with zero attached hydrogens (tertiary/aromatic N) is 1. The first-order valence-electron chi connectivity index (χ1n) is 5.92. The van der Waals surface area contributed by atoms with Gasteiger partial charge in [-0.05, 0) is 24.1 Å². The number of para-hydroxylation sites is 1. The SMILES string of the molecule is O=S(=O)(c1csc(CO)c1)N1CCc2ccccc21. The Hall–Kier alpha value is -1.37. The molecule has 0 saturated heterocycles. The number of anilines is 1. The van der Waals surface area contributed by atoms with Crippen LogP contribution in [0, 0.1) is 0 Å². The van der Waals surface area contributed by atoms with E-state index >= 15 is 0 Å². The summed E-state index contributed by atoms with van der Waals surface area (Å²) in [6.45, 7) is 0.350. The van der Waals surface area contributed by atoms with Crippen LogP contribution in [-0.2, 0) is 23.1 Å². The molecule has 0 radical (unpaired) electrons. The number of rotatable bonds is 3. The van der Waals surface area contributed by atoms with Gasteiger partial charge in [0, 0.05) is 16.8 Å². The molecule has 4 nitrogen and oxygen atoms in total. The van der Waals surface area contributed by atoms with Gasteiger partial charge in [0.2, 0.25) is 0 Å². The van der Waals surface area contributed by atoms with Crippen LogP contribution in [0.4, 0.5) is 5.69 Å². The lowest BCUT2D eigenvalue weighted by Gasteiger charge is -2.18. The largest absolute Gasteiger partial charge is 0.391 e. The molecule has 0 atom stereocenters. The average molecular weight is 295 g/mol. The predicted molar refractivity (Wildman–Crippen MR) is 74.9 cm³/mol. The van der Waals surface area contributed by atoms with Crippen LogP contribution in [0.15, 0.2) is 40.6 Å². The molecule has 0 aliphatic carbocycles. The zero-order valence-electron chi connectivity index (χ0n) is 10.1. The van der Waals surface area contributed by atoms with Crippen molar-refractivity contribution >= 4 is 27.0 Å². The molecule has 6 heteroatoms.